The van der Waals surface area contributed by atoms with Crippen molar-refractivity contribution in [2.24, 2.45) is 5.92 Å². The molecule has 19 heavy (non-hydrogen) atoms. The molecule has 1 aromatic rings. The molecule has 5 heteroatoms. The largest absolute Gasteiger partial charge is 0.397 e. The van der Waals surface area contributed by atoms with Crippen LogP contribution in [0, 0.1) is 5.92 Å². The average molecular weight is 262 g/mol. The Labute approximate surface area is 114 Å². The number of carbonyl (C=O) groups is 1. The van der Waals surface area contributed by atoms with Crippen LogP contribution in [0.15, 0.2) is 18.3 Å². The van der Waals surface area contributed by atoms with Crippen LogP contribution in [0.3, 0.4) is 0 Å². The van der Waals surface area contributed by atoms with Crippen LogP contribution < -0.4 is 11.1 Å². The molecule has 2 rings (SSSR count). The van der Waals surface area contributed by atoms with E-state index in [0.717, 1.165) is 25.2 Å². The van der Waals surface area contributed by atoms with E-state index in [9.17, 15) is 4.79 Å². The van der Waals surface area contributed by atoms with Gasteiger partial charge >= 0.3 is 0 Å². The van der Waals surface area contributed by atoms with E-state index in [1.165, 1.54) is 0 Å². The Morgan fingerprint density at radius 1 is 1.58 bits per heavy atom. The molecule has 1 saturated heterocycles. The van der Waals surface area contributed by atoms with E-state index in [1.807, 2.05) is 0 Å². The average Bonchev–Trinajstić information content (AvgIpc) is 2.36. The van der Waals surface area contributed by atoms with Crippen molar-refractivity contribution in [3.8, 4) is 0 Å². The minimum absolute atomic E-state index is 0.0404. The molecule has 1 aromatic heterocycles. The Morgan fingerprint density at radius 3 is 3.00 bits per heavy atom. The van der Waals surface area contributed by atoms with Crippen molar-refractivity contribution in [3.63, 3.8) is 0 Å². The van der Waals surface area contributed by atoms with Crippen molar-refractivity contribution in [2.75, 3.05) is 25.9 Å². The number of nitrogen functional groups attached to an aromatic ring is 1. The highest BCUT2D eigenvalue weighted by molar-refractivity contribution is 5.78. The molecular formula is C14H22N4O. The monoisotopic (exact) mass is 262 g/mol. The Balaban J connectivity index is 1.85. The summed E-state index contributed by atoms with van der Waals surface area (Å²) in [6.45, 7) is 4.25. The van der Waals surface area contributed by atoms with Crippen molar-refractivity contribution in [2.45, 2.75) is 25.8 Å². The summed E-state index contributed by atoms with van der Waals surface area (Å²) < 4.78 is 0. The van der Waals surface area contributed by atoms with Gasteiger partial charge in [-0.05, 0) is 38.1 Å². The lowest BCUT2D eigenvalue weighted by Crippen LogP contribution is -2.49. The van der Waals surface area contributed by atoms with Crippen molar-refractivity contribution < 1.29 is 4.79 Å². The van der Waals surface area contributed by atoms with Crippen LogP contribution >= 0.6 is 0 Å². The fraction of sp³-hybridized carbons (Fsp3) is 0.571. The van der Waals surface area contributed by atoms with Gasteiger partial charge in [0, 0.05) is 18.3 Å². The molecule has 1 aliphatic rings. The molecule has 2 unspecified atom stereocenters. The molecule has 0 radical (unpaired) electrons. The van der Waals surface area contributed by atoms with Gasteiger partial charge in [-0.1, -0.05) is 6.92 Å². The normalized spacial score (nSPS) is 24.1. The first-order chi connectivity index (χ1) is 9.04. The molecule has 3 N–H and O–H groups in total. The van der Waals surface area contributed by atoms with E-state index in [2.05, 4.69) is 29.2 Å². The molecule has 1 amide bonds. The van der Waals surface area contributed by atoms with Crippen LogP contribution in [0.2, 0.25) is 0 Å². The van der Waals surface area contributed by atoms with Gasteiger partial charge in [-0.3, -0.25) is 9.78 Å². The quantitative estimate of drug-likeness (QED) is 0.839. The SMILES string of the molecule is CC1CN(C)CCC1NC(=O)Cc1ccc(N)cn1. The topological polar surface area (TPSA) is 71.2 Å². The molecule has 2 atom stereocenters. The Morgan fingerprint density at radius 2 is 2.37 bits per heavy atom. The third kappa shape index (κ3) is 3.92. The number of hydrogen-bond acceptors (Lipinski definition) is 4. The van der Waals surface area contributed by atoms with Crippen molar-refractivity contribution >= 4 is 11.6 Å². The fourth-order valence-corrected chi connectivity index (χ4v) is 2.53. The van der Waals surface area contributed by atoms with Gasteiger partial charge in [0.2, 0.25) is 5.91 Å². The van der Waals surface area contributed by atoms with Gasteiger partial charge in [0.1, 0.15) is 0 Å². The van der Waals surface area contributed by atoms with Gasteiger partial charge in [-0.2, -0.15) is 0 Å². The zero-order valence-electron chi connectivity index (χ0n) is 11.6. The molecular weight excluding hydrogens is 240 g/mol. The van der Waals surface area contributed by atoms with Crippen molar-refractivity contribution in [1.29, 1.82) is 0 Å². The third-order valence-electron chi connectivity index (χ3n) is 3.64. The van der Waals surface area contributed by atoms with Gasteiger partial charge in [-0.15, -0.1) is 0 Å². The maximum absolute atomic E-state index is 12.0. The molecule has 0 bridgehead atoms. The summed E-state index contributed by atoms with van der Waals surface area (Å²) in [5.74, 6) is 0.528. The number of carbonyl (C=O) groups excluding carboxylic acids is 1. The Bertz CT molecular complexity index is 432. The van der Waals surface area contributed by atoms with Gasteiger partial charge in [0.05, 0.1) is 18.3 Å². The second kappa shape index (κ2) is 6.02. The van der Waals surface area contributed by atoms with E-state index in [1.54, 1.807) is 18.3 Å². The first-order valence-electron chi connectivity index (χ1n) is 6.73. The van der Waals surface area contributed by atoms with Crippen molar-refractivity contribution in [1.82, 2.24) is 15.2 Å². The van der Waals surface area contributed by atoms with Gasteiger partial charge in [0.15, 0.2) is 0 Å². The van der Waals surface area contributed by atoms with Gasteiger partial charge < -0.3 is 16.0 Å². The molecule has 104 valence electrons. The zero-order chi connectivity index (χ0) is 13.8. The first-order valence-corrected chi connectivity index (χ1v) is 6.73. The van der Waals surface area contributed by atoms with Crippen LogP contribution in [0.4, 0.5) is 5.69 Å². The predicted octanol–water partition coefficient (Wildman–Crippen LogP) is 0.663. The minimum atomic E-state index is 0.0404. The number of amides is 1. The zero-order valence-corrected chi connectivity index (χ0v) is 11.6. The van der Waals surface area contributed by atoms with Crippen molar-refractivity contribution in [3.05, 3.63) is 24.0 Å². The number of likely N-dealkylation sites (tertiary alicyclic amines) is 1. The molecule has 1 aliphatic heterocycles. The summed E-state index contributed by atoms with van der Waals surface area (Å²) in [5.41, 5.74) is 6.95. The fourth-order valence-electron chi connectivity index (χ4n) is 2.53. The Kier molecular flexibility index (Phi) is 4.37. The molecule has 0 aliphatic carbocycles. The second-order valence-corrected chi connectivity index (χ2v) is 5.46. The highest BCUT2D eigenvalue weighted by Crippen LogP contribution is 2.15. The lowest BCUT2D eigenvalue weighted by molar-refractivity contribution is -0.121. The summed E-state index contributed by atoms with van der Waals surface area (Å²) >= 11 is 0. The van der Waals surface area contributed by atoms with Crippen LogP contribution in [-0.2, 0) is 11.2 Å². The smallest absolute Gasteiger partial charge is 0.226 e. The lowest BCUT2D eigenvalue weighted by atomic mass is 9.94. The highest BCUT2D eigenvalue weighted by atomic mass is 16.1. The van der Waals surface area contributed by atoms with E-state index in [4.69, 9.17) is 5.73 Å². The molecule has 0 saturated carbocycles. The lowest BCUT2D eigenvalue weighted by Gasteiger charge is -2.35. The van der Waals surface area contributed by atoms with E-state index < -0.39 is 0 Å². The number of hydrogen-bond donors (Lipinski definition) is 2. The van der Waals surface area contributed by atoms with Gasteiger partial charge in [0.25, 0.3) is 0 Å². The molecule has 1 fully saturated rings. The standard InChI is InChI=1S/C14H22N4O/c1-10-9-18(2)6-5-13(10)17-14(19)7-12-4-3-11(15)8-16-12/h3-4,8,10,13H,5-7,9,15H2,1-2H3,(H,17,19). The van der Waals surface area contributed by atoms with Crippen LogP contribution in [0.1, 0.15) is 19.0 Å². The highest BCUT2D eigenvalue weighted by Gasteiger charge is 2.25. The number of nitrogens with two attached hydrogens (primary N) is 1. The number of anilines is 1. The minimum Gasteiger partial charge on any atom is -0.397 e. The number of nitrogens with one attached hydrogen (secondary N) is 1. The van der Waals surface area contributed by atoms with Crippen LogP contribution in [-0.4, -0.2) is 42.0 Å². The first kappa shape index (κ1) is 13.8. The summed E-state index contributed by atoms with van der Waals surface area (Å²) in [6.07, 6.45) is 2.92. The number of nitrogens with zero attached hydrogens (tertiary/aromatic N) is 2. The summed E-state index contributed by atoms with van der Waals surface area (Å²) in [5, 5.41) is 3.12. The van der Waals surface area contributed by atoms with E-state index >= 15 is 0 Å². The molecule has 5 nitrogen and oxygen atoms in total. The third-order valence-corrected chi connectivity index (χ3v) is 3.64. The van der Waals surface area contributed by atoms with E-state index in [0.29, 0.717) is 18.0 Å². The van der Waals surface area contributed by atoms with Crippen LogP contribution in [0.5, 0.6) is 0 Å². The number of aromatic nitrogens is 1. The predicted molar refractivity (Wildman–Crippen MR) is 75.6 cm³/mol. The summed E-state index contributed by atoms with van der Waals surface area (Å²) in [7, 11) is 2.12. The maximum Gasteiger partial charge on any atom is 0.226 e. The number of pyridine rings is 1. The number of piperidine rings is 1. The number of rotatable bonds is 3. The molecule has 2 heterocycles. The maximum atomic E-state index is 12.0. The summed E-state index contributed by atoms with van der Waals surface area (Å²) in [6, 6.07) is 3.85. The van der Waals surface area contributed by atoms with Crippen LogP contribution in [0.25, 0.3) is 0 Å². The molecule has 0 aromatic carbocycles. The second-order valence-electron chi connectivity index (χ2n) is 5.46. The Hall–Kier alpha value is -1.62. The van der Waals surface area contributed by atoms with Gasteiger partial charge in [-0.25, -0.2) is 0 Å². The molecule has 0 spiro atoms. The van der Waals surface area contributed by atoms with E-state index in [-0.39, 0.29) is 11.9 Å². The summed E-state index contributed by atoms with van der Waals surface area (Å²) in [4.78, 5) is 18.4.